The summed E-state index contributed by atoms with van der Waals surface area (Å²) in [4.78, 5) is 194. The number of hydrogen-bond acceptors (Lipinski definition) is 13. The fourth-order valence-electron chi connectivity index (χ4n) is 14.3. The van der Waals surface area contributed by atoms with E-state index < -0.39 is 170 Å². The normalized spacial score (nSPS) is 22.4. The minimum absolute atomic E-state index is 0.0149. The highest BCUT2D eigenvalue weighted by molar-refractivity contribution is 14.1. The van der Waals surface area contributed by atoms with E-state index in [2.05, 4.69) is 48.6 Å². The first-order valence-corrected chi connectivity index (χ1v) is 41.0. The highest BCUT2D eigenvalue weighted by atomic mass is 127. The third-order valence-corrected chi connectivity index (χ3v) is 21.5. The molecule has 0 spiro atoms. The SMILES string of the molecule is CCCC[C@@H]1NC(=O)[C@H](Cc2cccc(I)c2)NC(=O)CN(CC)C(=O)[C@H](Cc2ccc(Cl)cc2)N(CC)C(=O)CN(CC)C(=O)CN(CC)C(=O)[C@H]([C@@H](C)CC)NC(=O)[C@H](CC(C)C)N(CC)C(=O)CC(C(=O)N2CCCCC2)N(CC)C(=O)[C@H](CC(C)C)NC(=O)[C@H](Cc2ccccc2OC(F)(F)F)N(CC)C1=O. The number of nitrogens with one attached hydrogen (secondary N) is 4. The summed E-state index contributed by atoms with van der Waals surface area (Å²) in [7, 11) is 0. The third kappa shape index (κ3) is 27.6. The van der Waals surface area contributed by atoms with E-state index in [0.29, 0.717) is 61.3 Å². The number of rotatable bonds is 24. The van der Waals surface area contributed by atoms with Crippen molar-refractivity contribution in [1.29, 1.82) is 0 Å². The number of piperidine rings is 1. The predicted molar refractivity (Wildman–Crippen MR) is 427 cm³/mol. The van der Waals surface area contributed by atoms with Crippen LogP contribution in [0, 0.1) is 21.3 Å². The molecule has 616 valence electrons. The van der Waals surface area contributed by atoms with Gasteiger partial charge in [-0.25, -0.2) is 0 Å². The molecule has 0 radical (unpaired) electrons. The molecule has 3 aromatic carbocycles. The van der Waals surface area contributed by atoms with Crippen LogP contribution in [0.4, 0.5) is 13.2 Å². The Kier molecular flexibility index (Phi) is 38.4. The highest BCUT2D eigenvalue weighted by Gasteiger charge is 2.45. The largest absolute Gasteiger partial charge is 0.573 e. The maximum absolute atomic E-state index is 15.9. The molecule has 111 heavy (non-hydrogen) atoms. The lowest BCUT2D eigenvalue weighted by atomic mass is 9.95. The number of amides is 12. The molecule has 9 atom stereocenters. The third-order valence-electron chi connectivity index (χ3n) is 20.6. The van der Waals surface area contributed by atoms with Crippen molar-refractivity contribution < 1.29 is 75.4 Å². The van der Waals surface area contributed by atoms with E-state index in [0.717, 1.165) is 21.0 Å². The van der Waals surface area contributed by atoms with Gasteiger partial charge in [0.25, 0.3) is 0 Å². The molecule has 2 aliphatic heterocycles. The van der Waals surface area contributed by atoms with Gasteiger partial charge in [0.2, 0.25) is 70.9 Å². The van der Waals surface area contributed by atoms with E-state index in [9.17, 15) is 22.8 Å². The topological polar surface area (TPSA) is 288 Å². The Labute approximate surface area is 672 Å². The minimum atomic E-state index is -5.22. The molecule has 0 aromatic heterocycles. The molecule has 30 heteroatoms. The van der Waals surface area contributed by atoms with Crippen molar-refractivity contribution in [3.63, 3.8) is 0 Å². The van der Waals surface area contributed by atoms with Gasteiger partial charge in [-0.05, 0) is 174 Å². The van der Waals surface area contributed by atoms with E-state index in [1.54, 1.807) is 110 Å². The zero-order valence-electron chi connectivity index (χ0n) is 67.2. The van der Waals surface area contributed by atoms with Crippen LogP contribution in [0.1, 0.15) is 178 Å². The van der Waals surface area contributed by atoms with Gasteiger partial charge < -0.3 is 65.2 Å². The summed E-state index contributed by atoms with van der Waals surface area (Å²) in [5.74, 6) is -10.7. The van der Waals surface area contributed by atoms with Gasteiger partial charge in [0.1, 0.15) is 54.1 Å². The molecule has 0 aliphatic carbocycles. The van der Waals surface area contributed by atoms with Crippen LogP contribution in [0.25, 0.3) is 0 Å². The van der Waals surface area contributed by atoms with Crippen molar-refractivity contribution in [2.45, 2.75) is 235 Å². The number of para-hydroxylation sites is 1. The monoisotopic (exact) mass is 1690 g/mol. The molecule has 2 fully saturated rings. The van der Waals surface area contributed by atoms with Gasteiger partial charge >= 0.3 is 6.36 Å². The lowest BCUT2D eigenvalue weighted by Gasteiger charge is -2.39. The molecule has 5 rings (SSSR count). The molecule has 0 bridgehead atoms. The number of alkyl halides is 3. The smallest absolute Gasteiger partial charge is 0.406 e. The lowest BCUT2D eigenvalue weighted by molar-refractivity contribution is -0.275. The van der Waals surface area contributed by atoms with Crippen LogP contribution < -0.4 is 26.0 Å². The second kappa shape index (κ2) is 45.6. The molecule has 2 heterocycles. The van der Waals surface area contributed by atoms with Gasteiger partial charge in [-0.1, -0.05) is 122 Å². The summed E-state index contributed by atoms with van der Waals surface area (Å²) < 4.78 is 48.3. The fraction of sp³-hybridized carbons (Fsp3) is 0.630. The molecule has 4 N–H and O–H groups in total. The fourth-order valence-corrected chi connectivity index (χ4v) is 15.1. The molecular formula is C81H119ClF3IN12O13. The van der Waals surface area contributed by atoms with E-state index in [1.165, 1.54) is 54.5 Å². The zero-order valence-corrected chi connectivity index (χ0v) is 70.1. The summed E-state index contributed by atoms with van der Waals surface area (Å²) in [6.45, 7) is 22.2. The first-order valence-electron chi connectivity index (χ1n) is 39.5. The average molecular weight is 1690 g/mol. The summed E-state index contributed by atoms with van der Waals surface area (Å²) in [6.07, 6.45) is -3.59. The maximum Gasteiger partial charge on any atom is 0.573 e. The van der Waals surface area contributed by atoms with E-state index in [4.69, 9.17) is 11.6 Å². The summed E-state index contributed by atoms with van der Waals surface area (Å²) >= 11 is 8.44. The Morgan fingerprint density at radius 3 is 1.67 bits per heavy atom. The number of halogens is 5. The number of carbonyl (C=O) groups is 12. The van der Waals surface area contributed by atoms with Gasteiger partial charge in [-0.3, -0.25) is 57.5 Å². The van der Waals surface area contributed by atoms with Crippen molar-refractivity contribution in [3.05, 3.63) is 98.1 Å². The number of unbranched alkanes of at least 4 members (excludes halogenated alkanes) is 1. The molecule has 3 aromatic rings. The van der Waals surface area contributed by atoms with Crippen molar-refractivity contribution in [2.24, 2.45) is 17.8 Å². The Morgan fingerprint density at radius 2 is 1.10 bits per heavy atom. The quantitative estimate of drug-likeness (QED) is 0.0610. The molecule has 12 amide bonds. The standard InChI is InChI=1S/C81H119ClF3IN12O13/c1-15-24-34-60-76(106)97(22-8)64(47-57-32-26-27-35-67(57)111-81(83,84)85)74(104)89-62(42-52(10)11)77(107)98(23-9)66(79(109)94-40-28-25-29-41-94)48-69(100)95(20-6)63(43-53(12)13)75(105)90-72(54(14)16-2)80(110)93(19-5)50-70(101)91(17-3)51-71(102)96(21-7)65(46-55-36-38-58(82)39-37-55)78(108)92(18-4)49-68(99)87-61(73(103)88-60)45-56-31-30-33-59(86)44-56/h26-27,30-33,35-39,44,52-54,60-66,72H,15-25,28-29,34,40-43,45-51H2,1-14H3,(H,87,99)(H,88,103)(H,89,104)(H,90,105)/t54-,60-,61-,62-,63-,64-,65-,66?,72-/m0/s1. The molecule has 0 saturated carbocycles. The van der Waals surface area contributed by atoms with Gasteiger partial charge in [-0.15, -0.1) is 13.2 Å². The summed E-state index contributed by atoms with van der Waals surface area (Å²) in [6, 6.07) is 7.23. The number of nitrogens with zero attached hydrogens (tertiary/aromatic N) is 8. The van der Waals surface area contributed by atoms with Crippen LogP contribution in [-0.2, 0) is 76.8 Å². The number of likely N-dealkylation sites (tertiary alicyclic amines) is 1. The van der Waals surface area contributed by atoms with Gasteiger partial charge in [0.05, 0.1) is 26.1 Å². The first-order chi connectivity index (χ1) is 52.6. The van der Waals surface area contributed by atoms with Crippen LogP contribution in [0.3, 0.4) is 0 Å². The molecular weight excluding hydrogens is 1570 g/mol. The van der Waals surface area contributed by atoms with Crippen LogP contribution >= 0.6 is 34.2 Å². The second-order valence-electron chi connectivity index (χ2n) is 29.4. The van der Waals surface area contributed by atoms with E-state index >= 15 is 47.9 Å². The minimum Gasteiger partial charge on any atom is -0.406 e. The lowest BCUT2D eigenvalue weighted by Crippen LogP contribution is -2.62. The number of likely N-dealkylation sites (N-methyl/N-ethyl adjacent to an activating group) is 7. The van der Waals surface area contributed by atoms with Crippen molar-refractivity contribution >= 4 is 105 Å². The Hall–Kier alpha value is -8.09. The van der Waals surface area contributed by atoms with Crippen LogP contribution in [0.15, 0.2) is 72.8 Å². The molecule has 25 nitrogen and oxygen atoms in total. The van der Waals surface area contributed by atoms with E-state index in [-0.39, 0.29) is 95.3 Å². The Bertz CT molecular complexity index is 3630. The van der Waals surface area contributed by atoms with Crippen LogP contribution in [-0.4, -0.2) is 243 Å². The summed E-state index contributed by atoms with van der Waals surface area (Å²) in [5, 5.41) is 11.9. The van der Waals surface area contributed by atoms with Crippen LogP contribution in [0.5, 0.6) is 5.75 Å². The summed E-state index contributed by atoms with van der Waals surface area (Å²) in [5.41, 5.74) is 1.00. The number of carbonyl (C=O) groups excluding carboxylic acids is 12. The zero-order chi connectivity index (χ0) is 82.6. The number of hydrogen-bond donors (Lipinski definition) is 4. The average Bonchev–Trinajstić information content (AvgIpc) is 0.808. The van der Waals surface area contributed by atoms with Gasteiger partial charge in [0, 0.05) is 86.8 Å². The van der Waals surface area contributed by atoms with Crippen molar-refractivity contribution in [2.75, 3.05) is 78.5 Å². The predicted octanol–water partition coefficient (Wildman–Crippen LogP) is 8.97. The van der Waals surface area contributed by atoms with Crippen molar-refractivity contribution in [3.8, 4) is 5.75 Å². The maximum atomic E-state index is 15.9. The number of benzene rings is 3. The molecule has 2 saturated heterocycles. The highest BCUT2D eigenvalue weighted by Crippen LogP contribution is 2.30. The Morgan fingerprint density at radius 1 is 0.532 bits per heavy atom. The Balaban J connectivity index is 1.80. The molecule has 2 aliphatic rings. The second-order valence-corrected chi connectivity index (χ2v) is 31.1. The van der Waals surface area contributed by atoms with Crippen LogP contribution in [0.2, 0.25) is 5.02 Å². The van der Waals surface area contributed by atoms with E-state index in [1.807, 2.05) is 33.8 Å². The molecule has 1 unspecified atom stereocenters. The van der Waals surface area contributed by atoms with Crippen molar-refractivity contribution in [1.82, 2.24) is 60.5 Å². The first kappa shape index (κ1) is 93.5. The number of ether oxygens (including phenoxy) is 1. The van der Waals surface area contributed by atoms with Gasteiger partial charge in [0.15, 0.2) is 0 Å². The van der Waals surface area contributed by atoms with Gasteiger partial charge in [-0.2, -0.15) is 0 Å².